The molecule has 0 aliphatic carbocycles. The Bertz CT molecular complexity index is 1210. The van der Waals surface area contributed by atoms with E-state index in [1.807, 2.05) is 53.6 Å². The van der Waals surface area contributed by atoms with Gasteiger partial charge in [0, 0.05) is 31.9 Å². The highest BCUT2D eigenvalue weighted by Gasteiger charge is 2.57. The van der Waals surface area contributed by atoms with Gasteiger partial charge in [-0.2, -0.15) is 0 Å². The summed E-state index contributed by atoms with van der Waals surface area (Å²) in [6, 6.07) is -0.223. The molecule has 4 rings (SSSR count). The number of carbonyl (C=O) groups is 1. The van der Waals surface area contributed by atoms with Crippen LogP contribution in [-0.2, 0) is 38.0 Å². The van der Waals surface area contributed by atoms with Gasteiger partial charge < -0.3 is 58.5 Å². The lowest BCUT2D eigenvalue weighted by molar-refractivity contribution is -0.316. The number of rotatable bonds is 9. The first-order valence-electron chi connectivity index (χ1n) is 18.3. The third-order valence-corrected chi connectivity index (χ3v) is 11.9. The minimum Gasteiger partial charge on any atom is -0.488 e. The lowest BCUT2D eigenvalue weighted by Crippen LogP contribution is -2.60. The summed E-state index contributed by atoms with van der Waals surface area (Å²) in [7, 11) is 5.35. The van der Waals surface area contributed by atoms with Gasteiger partial charge in [0.15, 0.2) is 12.6 Å². The standard InChI is InChI=1S/C37H65NO12/c1-14-25(39)37(10,43)32-20(4)28-18(2)16-36(9,50-28)31(49-34-27(40)24(38(11)12)15-19(3)45-34)21(5)29(22(6)33(42)48-32)47-26-17-35(8,44-13)30(41)23(7)46-26/h19-27,29-32,34,39-41,43H,14-17H2,1-13H3/t19-,20+,21+,22?,23+,24+,25-,26+,27-,29?,30+,31-,32-,34+,35-,36-,37-/m1/s1. The van der Waals surface area contributed by atoms with Crippen LogP contribution in [-0.4, -0.2) is 137 Å². The van der Waals surface area contributed by atoms with E-state index in [0.717, 1.165) is 5.57 Å². The molecule has 0 aromatic rings. The van der Waals surface area contributed by atoms with E-state index in [1.54, 1.807) is 27.7 Å². The van der Waals surface area contributed by atoms with E-state index in [-0.39, 0.29) is 25.0 Å². The second-order valence-electron chi connectivity index (χ2n) is 16.3. The zero-order valence-corrected chi connectivity index (χ0v) is 32.4. The molecule has 2 bridgehead atoms. The zero-order valence-electron chi connectivity index (χ0n) is 32.4. The monoisotopic (exact) mass is 715 g/mol. The molecule has 4 heterocycles. The number of likely N-dealkylation sites (N-methyl/N-ethyl adjacent to an activating group) is 1. The van der Waals surface area contributed by atoms with Crippen molar-refractivity contribution in [3.63, 3.8) is 0 Å². The number of fused-ring (bicyclic) bond motifs is 2. The van der Waals surface area contributed by atoms with E-state index in [1.165, 1.54) is 14.0 Å². The van der Waals surface area contributed by atoms with Crippen molar-refractivity contribution >= 4 is 5.97 Å². The summed E-state index contributed by atoms with van der Waals surface area (Å²) in [4.78, 5) is 16.2. The van der Waals surface area contributed by atoms with Crippen molar-refractivity contribution in [2.75, 3.05) is 21.2 Å². The van der Waals surface area contributed by atoms with Crippen LogP contribution in [0.15, 0.2) is 11.3 Å². The Kier molecular flexibility index (Phi) is 12.8. The van der Waals surface area contributed by atoms with E-state index >= 15 is 0 Å². The summed E-state index contributed by atoms with van der Waals surface area (Å²) in [6.07, 6.45) is -7.24. The van der Waals surface area contributed by atoms with Crippen LogP contribution in [0.2, 0.25) is 0 Å². The van der Waals surface area contributed by atoms with Crippen LogP contribution in [0.4, 0.5) is 0 Å². The number of nitrogens with zero attached hydrogens (tertiary/aromatic N) is 1. The fourth-order valence-corrected chi connectivity index (χ4v) is 8.73. The molecule has 4 N–H and O–H groups in total. The van der Waals surface area contributed by atoms with Crippen molar-refractivity contribution < 1.29 is 58.4 Å². The minimum absolute atomic E-state index is 0.174. The molecule has 0 amide bonds. The highest BCUT2D eigenvalue weighted by Crippen LogP contribution is 2.48. The van der Waals surface area contributed by atoms with Crippen molar-refractivity contribution in [2.45, 2.75) is 179 Å². The zero-order chi connectivity index (χ0) is 37.7. The fraction of sp³-hybridized carbons (Fsp3) is 0.919. The maximum Gasteiger partial charge on any atom is 0.311 e. The molecule has 3 saturated heterocycles. The van der Waals surface area contributed by atoms with E-state index in [4.69, 9.17) is 33.2 Å². The van der Waals surface area contributed by atoms with Gasteiger partial charge in [0.2, 0.25) is 0 Å². The SMILES string of the molecule is CC[C@@H](O)[C@@](C)(O)[C@@H]1OC(=O)C(C)C(O[C@H]2C[C@@](C)(OC)[C@@H](O)[C@H](C)O2)[C@H](C)[C@@H](O[C@@H]2O[C@H](C)C[C@H](N(C)C)[C@H]2O)[C@@]2(C)CC(C)=C(O2)[C@@H]1C. The molecule has 50 heavy (non-hydrogen) atoms. The molecule has 3 fully saturated rings. The highest BCUT2D eigenvalue weighted by molar-refractivity contribution is 5.73. The average molecular weight is 716 g/mol. The number of aliphatic hydroxyl groups is 4. The number of hydrogen-bond acceptors (Lipinski definition) is 13. The molecule has 0 saturated carbocycles. The van der Waals surface area contributed by atoms with E-state index in [9.17, 15) is 25.2 Å². The number of methoxy groups -OCH3 is 1. The van der Waals surface area contributed by atoms with Crippen molar-refractivity contribution in [1.29, 1.82) is 0 Å². The summed E-state index contributed by atoms with van der Waals surface area (Å²) < 4.78 is 44.8. The second kappa shape index (κ2) is 15.5. The Labute approximate surface area is 298 Å². The molecule has 290 valence electrons. The number of hydrogen-bond donors (Lipinski definition) is 4. The third kappa shape index (κ3) is 7.93. The summed E-state index contributed by atoms with van der Waals surface area (Å²) in [5, 5.41) is 45.2. The Morgan fingerprint density at radius 3 is 2.28 bits per heavy atom. The van der Waals surface area contributed by atoms with E-state index in [2.05, 4.69) is 0 Å². The quantitative estimate of drug-likeness (QED) is 0.258. The highest BCUT2D eigenvalue weighted by atomic mass is 16.7. The molecular weight excluding hydrogens is 650 g/mol. The molecular formula is C37H65NO12. The van der Waals surface area contributed by atoms with Crippen molar-refractivity contribution in [3.8, 4) is 0 Å². The molecule has 13 nitrogen and oxygen atoms in total. The Balaban J connectivity index is 1.83. The Hall–Kier alpha value is -1.39. The fourth-order valence-electron chi connectivity index (χ4n) is 8.73. The Morgan fingerprint density at radius 2 is 1.70 bits per heavy atom. The number of carbonyl (C=O) groups excluding carboxylic acids is 1. The van der Waals surface area contributed by atoms with Gasteiger partial charge in [0.05, 0.1) is 41.9 Å². The first kappa shape index (κ1) is 41.4. The molecule has 17 atom stereocenters. The van der Waals surface area contributed by atoms with Gasteiger partial charge in [-0.1, -0.05) is 20.8 Å². The second-order valence-corrected chi connectivity index (χ2v) is 16.3. The predicted molar refractivity (Wildman–Crippen MR) is 184 cm³/mol. The average Bonchev–Trinajstić information content (AvgIpc) is 3.36. The summed E-state index contributed by atoms with van der Waals surface area (Å²) in [6.45, 7) is 18.0. The molecule has 2 unspecified atom stereocenters. The van der Waals surface area contributed by atoms with Crippen LogP contribution >= 0.6 is 0 Å². The molecule has 4 aliphatic heterocycles. The smallest absolute Gasteiger partial charge is 0.311 e. The van der Waals surface area contributed by atoms with Crippen molar-refractivity contribution in [1.82, 2.24) is 4.90 Å². The van der Waals surface area contributed by atoms with E-state index < -0.39 is 95.8 Å². The largest absolute Gasteiger partial charge is 0.488 e. The number of aliphatic hydroxyl groups excluding tert-OH is 3. The summed E-state index contributed by atoms with van der Waals surface area (Å²) in [5.74, 6) is -2.26. The lowest BCUT2D eigenvalue weighted by atomic mass is 9.78. The first-order chi connectivity index (χ1) is 23.1. The molecule has 13 heteroatoms. The van der Waals surface area contributed by atoms with Gasteiger partial charge in [0.25, 0.3) is 0 Å². The summed E-state index contributed by atoms with van der Waals surface area (Å²) >= 11 is 0. The first-order valence-corrected chi connectivity index (χ1v) is 18.3. The van der Waals surface area contributed by atoms with Crippen LogP contribution in [0.5, 0.6) is 0 Å². The number of cyclic esters (lactones) is 1. The van der Waals surface area contributed by atoms with Gasteiger partial charge in [-0.3, -0.25) is 4.79 Å². The minimum atomic E-state index is -1.82. The summed E-state index contributed by atoms with van der Waals surface area (Å²) in [5.41, 5.74) is -2.95. The number of ether oxygens (including phenoxy) is 7. The van der Waals surface area contributed by atoms with Crippen LogP contribution in [0.3, 0.4) is 0 Å². The van der Waals surface area contributed by atoms with Crippen molar-refractivity contribution in [3.05, 3.63) is 11.3 Å². The van der Waals surface area contributed by atoms with Crippen LogP contribution in [0.25, 0.3) is 0 Å². The van der Waals surface area contributed by atoms with Gasteiger partial charge in [-0.15, -0.1) is 0 Å². The van der Waals surface area contributed by atoms with E-state index in [0.29, 0.717) is 18.6 Å². The lowest BCUT2D eigenvalue weighted by Gasteiger charge is -2.48. The van der Waals surface area contributed by atoms with Gasteiger partial charge in [0.1, 0.15) is 41.4 Å². The van der Waals surface area contributed by atoms with Crippen LogP contribution in [0, 0.1) is 17.8 Å². The molecule has 0 radical (unpaired) electrons. The van der Waals surface area contributed by atoms with Crippen LogP contribution < -0.4 is 0 Å². The molecule has 0 aromatic carbocycles. The van der Waals surface area contributed by atoms with Crippen LogP contribution in [0.1, 0.15) is 94.9 Å². The topological polar surface area (TPSA) is 166 Å². The van der Waals surface area contributed by atoms with Gasteiger partial charge in [-0.25, -0.2) is 0 Å². The third-order valence-electron chi connectivity index (χ3n) is 11.9. The van der Waals surface area contributed by atoms with Gasteiger partial charge >= 0.3 is 5.97 Å². The molecule has 0 spiro atoms. The normalized spacial score (nSPS) is 46.5. The Morgan fingerprint density at radius 1 is 1.06 bits per heavy atom. The number of esters is 1. The van der Waals surface area contributed by atoms with Crippen molar-refractivity contribution in [2.24, 2.45) is 17.8 Å². The predicted octanol–water partition coefficient (Wildman–Crippen LogP) is 2.89. The maximum absolute atomic E-state index is 14.3. The van der Waals surface area contributed by atoms with Gasteiger partial charge in [-0.05, 0) is 81.0 Å². The molecule has 4 aliphatic rings. The maximum atomic E-state index is 14.3. The molecule has 0 aromatic heterocycles.